The van der Waals surface area contributed by atoms with E-state index >= 15 is 0 Å². The highest BCUT2D eigenvalue weighted by Gasteiger charge is 2.73. The highest BCUT2D eigenvalue weighted by Crippen LogP contribution is 2.47. The van der Waals surface area contributed by atoms with Crippen LogP contribution in [0.4, 0.5) is 30.7 Å². The molecule has 1 saturated heterocycles. The Labute approximate surface area is 177 Å². The van der Waals surface area contributed by atoms with Crippen LogP contribution in [0.25, 0.3) is 0 Å². The van der Waals surface area contributed by atoms with Gasteiger partial charge < -0.3 is 14.2 Å². The SMILES string of the molecule is CCCCCCCC1COC(C2=CCC(OC(F)(F)C(F)(F)C(F)(F)CF)C=C2)OC1. The molecule has 1 heterocycles. The molecule has 1 unspecified atom stereocenters. The molecule has 2 rings (SSSR count). The molecular formula is C21H29F7O3. The molecule has 0 amide bonds. The van der Waals surface area contributed by atoms with Crippen LogP contribution < -0.4 is 0 Å². The lowest BCUT2D eigenvalue weighted by Crippen LogP contribution is -2.57. The van der Waals surface area contributed by atoms with Gasteiger partial charge in [0.15, 0.2) is 13.0 Å². The largest absolute Gasteiger partial charge is 0.426 e. The first-order valence-corrected chi connectivity index (χ1v) is 10.5. The fourth-order valence-electron chi connectivity index (χ4n) is 3.38. The van der Waals surface area contributed by atoms with E-state index < -0.39 is 37.0 Å². The number of unbranched alkanes of at least 4 members (excludes halogenated alkanes) is 4. The van der Waals surface area contributed by atoms with Crippen LogP contribution in [0.15, 0.2) is 23.8 Å². The first-order valence-electron chi connectivity index (χ1n) is 10.5. The zero-order valence-corrected chi connectivity index (χ0v) is 17.4. The molecule has 31 heavy (non-hydrogen) atoms. The summed E-state index contributed by atoms with van der Waals surface area (Å²) in [5, 5.41) is 0. The van der Waals surface area contributed by atoms with Crippen LogP contribution in [0.1, 0.15) is 51.9 Å². The maximum Gasteiger partial charge on any atom is 0.426 e. The predicted molar refractivity (Wildman–Crippen MR) is 100 cm³/mol. The average molecular weight is 462 g/mol. The van der Waals surface area contributed by atoms with Crippen LogP contribution in [0, 0.1) is 5.92 Å². The number of halogens is 7. The van der Waals surface area contributed by atoms with E-state index in [1.807, 2.05) is 0 Å². The third-order valence-electron chi connectivity index (χ3n) is 5.34. The maximum atomic E-state index is 13.6. The van der Waals surface area contributed by atoms with Crippen LogP contribution in [0.5, 0.6) is 0 Å². The molecule has 0 radical (unpaired) electrons. The van der Waals surface area contributed by atoms with Crippen molar-refractivity contribution in [2.75, 3.05) is 19.9 Å². The molecule has 1 atom stereocenters. The minimum Gasteiger partial charge on any atom is -0.348 e. The maximum absolute atomic E-state index is 13.6. The number of rotatable bonds is 12. The van der Waals surface area contributed by atoms with Crippen molar-refractivity contribution >= 4 is 0 Å². The quantitative estimate of drug-likeness (QED) is 0.247. The van der Waals surface area contributed by atoms with Crippen LogP contribution >= 0.6 is 0 Å². The van der Waals surface area contributed by atoms with Crippen LogP contribution in [0.2, 0.25) is 0 Å². The molecule has 0 spiro atoms. The smallest absolute Gasteiger partial charge is 0.348 e. The first kappa shape index (κ1) is 26.1. The second-order valence-corrected chi connectivity index (χ2v) is 7.95. The Kier molecular flexibility index (Phi) is 9.39. The number of ether oxygens (including phenoxy) is 3. The summed E-state index contributed by atoms with van der Waals surface area (Å²) in [6, 6.07) is 0. The fourth-order valence-corrected chi connectivity index (χ4v) is 3.38. The van der Waals surface area contributed by atoms with Gasteiger partial charge in [-0.05, 0) is 12.8 Å². The lowest BCUT2D eigenvalue weighted by atomic mass is 10.00. The first-order chi connectivity index (χ1) is 14.5. The van der Waals surface area contributed by atoms with E-state index in [-0.39, 0.29) is 12.3 Å². The Balaban J connectivity index is 1.79. The Morgan fingerprint density at radius 1 is 1.00 bits per heavy atom. The van der Waals surface area contributed by atoms with Crippen molar-refractivity contribution in [3.05, 3.63) is 23.8 Å². The summed E-state index contributed by atoms with van der Waals surface area (Å²) >= 11 is 0. The van der Waals surface area contributed by atoms with Gasteiger partial charge in [0.05, 0.1) is 19.3 Å². The minimum absolute atomic E-state index is 0.264. The Morgan fingerprint density at radius 3 is 2.19 bits per heavy atom. The molecule has 10 heteroatoms. The van der Waals surface area contributed by atoms with Gasteiger partial charge in [0.25, 0.3) is 0 Å². The van der Waals surface area contributed by atoms with Crippen molar-refractivity contribution in [3.63, 3.8) is 0 Å². The van der Waals surface area contributed by atoms with Gasteiger partial charge in [-0.1, -0.05) is 57.3 Å². The summed E-state index contributed by atoms with van der Waals surface area (Å²) in [6.45, 7) is 0.176. The van der Waals surface area contributed by atoms with Gasteiger partial charge in [-0.15, -0.1) is 0 Å². The molecule has 0 N–H and O–H groups in total. The molecule has 0 aromatic rings. The summed E-state index contributed by atoms with van der Waals surface area (Å²) in [6.07, 6.45) is 2.45. The van der Waals surface area contributed by atoms with Gasteiger partial charge >= 0.3 is 18.0 Å². The standard InChI is InChI=1S/C21H29F7O3/c1-2-3-4-5-6-7-15-12-29-18(30-13-15)16-8-10-17(11-9-16)31-21(27,28)20(25,26)19(23,24)14-22/h8-10,15,17-18H,2-7,11-14H2,1H3. The molecule has 1 aliphatic heterocycles. The molecule has 2 aliphatic rings. The van der Waals surface area contributed by atoms with E-state index in [1.165, 1.54) is 31.4 Å². The van der Waals surface area contributed by atoms with E-state index in [2.05, 4.69) is 11.7 Å². The van der Waals surface area contributed by atoms with Gasteiger partial charge in [-0.2, -0.15) is 26.3 Å². The highest BCUT2D eigenvalue weighted by molar-refractivity contribution is 5.27. The van der Waals surface area contributed by atoms with Crippen molar-refractivity contribution in [2.45, 2.75) is 82.2 Å². The van der Waals surface area contributed by atoms with E-state index in [4.69, 9.17) is 9.47 Å². The van der Waals surface area contributed by atoms with E-state index in [0.717, 1.165) is 25.3 Å². The molecule has 0 aromatic carbocycles. The van der Waals surface area contributed by atoms with E-state index in [1.54, 1.807) is 0 Å². The lowest BCUT2D eigenvalue weighted by Gasteiger charge is -2.34. The predicted octanol–water partition coefficient (Wildman–Crippen LogP) is 6.44. The zero-order chi connectivity index (χ0) is 23.1. The van der Waals surface area contributed by atoms with Gasteiger partial charge in [0.1, 0.15) is 0 Å². The summed E-state index contributed by atoms with van der Waals surface area (Å²) < 4.78 is 107. The summed E-state index contributed by atoms with van der Waals surface area (Å²) in [5.74, 6) is -11.3. The van der Waals surface area contributed by atoms with Crippen LogP contribution in [0.3, 0.4) is 0 Å². The fraction of sp³-hybridized carbons (Fsp3) is 0.810. The van der Waals surface area contributed by atoms with Gasteiger partial charge in [-0.3, -0.25) is 0 Å². The second-order valence-electron chi connectivity index (χ2n) is 7.95. The van der Waals surface area contributed by atoms with E-state index in [0.29, 0.717) is 18.8 Å². The molecule has 1 aliphatic carbocycles. The van der Waals surface area contributed by atoms with Crippen molar-refractivity contribution in [1.82, 2.24) is 0 Å². The third kappa shape index (κ3) is 6.68. The minimum atomic E-state index is -5.99. The Bertz CT molecular complexity index is 614. The Hall–Kier alpha value is -1.13. The van der Waals surface area contributed by atoms with Crippen LogP contribution in [-0.4, -0.2) is 50.2 Å². The molecule has 0 saturated carbocycles. The van der Waals surface area contributed by atoms with Gasteiger partial charge in [0.2, 0.25) is 0 Å². The van der Waals surface area contributed by atoms with Gasteiger partial charge in [0, 0.05) is 11.5 Å². The molecule has 0 bridgehead atoms. The number of hydrogen-bond donors (Lipinski definition) is 0. The average Bonchev–Trinajstić information content (AvgIpc) is 2.74. The normalized spacial score (nSPS) is 25.5. The Morgan fingerprint density at radius 2 is 1.65 bits per heavy atom. The number of alkyl halides is 7. The van der Waals surface area contributed by atoms with Gasteiger partial charge in [-0.25, -0.2) is 4.39 Å². The molecule has 3 nitrogen and oxygen atoms in total. The lowest BCUT2D eigenvalue weighted by molar-refractivity contribution is -0.405. The van der Waals surface area contributed by atoms with Crippen molar-refractivity contribution < 1.29 is 44.9 Å². The van der Waals surface area contributed by atoms with Crippen LogP contribution in [-0.2, 0) is 14.2 Å². The highest BCUT2D eigenvalue weighted by atomic mass is 19.4. The molecule has 1 fully saturated rings. The third-order valence-corrected chi connectivity index (χ3v) is 5.34. The van der Waals surface area contributed by atoms with Crippen molar-refractivity contribution in [3.8, 4) is 0 Å². The monoisotopic (exact) mass is 462 g/mol. The molecule has 180 valence electrons. The molecular weight excluding hydrogens is 433 g/mol. The molecule has 0 aromatic heterocycles. The summed E-state index contributed by atoms with van der Waals surface area (Å²) in [5.41, 5.74) is 0.505. The van der Waals surface area contributed by atoms with E-state index in [9.17, 15) is 30.7 Å². The second kappa shape index (κ2) is 11.1. The van der Waals surface area contributed by atoms with Crippen molar-refractivity contribution in [1.29, 1.82) is 0 Å². The summed E-state index contributed by atoms with van der Waals surface area (Å²) in [7, 11) is 0. The van der Waals surface area contributed by atoms with Crippen molar-refractivity contribution in [2.24, 2.45) is 5.92 Å². The summed E-state index contributed by atoms with van der Waals surface area (Å²) in [4.78, 5) is 0. The topological polar surface area (TPSA) is 27.7 Å². The zero-order valence-electron chi connectivity index (χ0n) is 17.4. The number of hydrogen-bond acceptors (Lipinski definition) is 3.